The van der Waals surface area contributed by atoms with Gasteiger partial charge in [-0.25, -0.2) is 0 Å². The molecule has 0 bridgehead atoms. The summed E-state index contributed by atoms with van der Waals surface area (Å²) >= 11 is 0. The minimum absolute atomic E-state index is 0.150. The van der Waals surface area contributed by atoms with E-state index in [2.05, 4.69) is 0 Å². The fraction of sp³-hybridized carbons (Fsp3) is 0.500. The highest BCUT2D eigenvalue weighted by molar-refractivity contribution is 5.98. The van der Waals surface area contributed by atoms with Crippen LogP contribution < -0.4 is 5.73 Å². The number of likely N-dealkylation sites (tertiary alicyclic amines) is 1. The molecule has 1 aliphatic rings. The van der Waals surface area contributed by atoms with E-state index in [1.54, 1.807) is 0 Å². The Morgan fingerprint density at radius 1 is 1.22 bits per heavy atom. The van der Waals surface area contributed by atoms with E-state index >= 15 is 0 Å². The fourth-order valence-corrected chi connectivity index (χ4v) is 2.80. The zero-order chi connectivity index (χ0) is 17.0. The van der Waals surface area contributed by atoms with Gasteiger partial charge in [-0.1, -0.05) is 12.1 Å². The number of halogens is 3. The lowest BCUT2D eigenvalue weighted by Gasteiger charge is -2.31. The van der Waals surface area contributed by atoms with E-state index in [0.29, 0.717) is 25.1 Å². The molecule has 0 aliphatic carbocycles. The Bertz CT molecular complexity index is 570. The van der Waals surface area contributed by atoms with Crippen LogP contribution in [-0.2, 0) is 11.0 Å². The predicted octanol–water partition coefficient (Wildman–Crippen LogP) is 2.48. The van der Waals surface area contributed by atoms with Gasteiger partial charge in [-0.05, 0) is 31.5 Å². The first-order valence-corrected chi connectivity index (χ1v) is 7.49. The highest BCUT2D eigenvalue weighted by Gasteiger charge is 2.31. The van der Waals surface area contributed by atoms with Gasteiger partial charge in [0.2, 0.25) is 5.91 Å². The first-order chi connectivity index (χ1) is 10.8. The molecule has 1 fully saturated rings. The van der Waals surface area contributed by atoms with Gasteiger partial charge in [0, 0.05) is 31.0 Å². The molecule has 2 N–H and O–H groups in total. The number of Topliss-reactive ketones (excluding diaryl/α,β-unsaturated/α-hetero) is 1. The van der Waals surface area contributed by atoms with Crippen molar-refractivity contribution in [2.45, 2.75) is 25.4 Å². The first kappa shape index (κ1) is 17.5. The van der Waals surface area contributed by atoms with Gasteiger partial charge in [-0.3, -0.25) is 9.59 Å². The molecule has 0 spiro atoms. The van der Waals surface area contributed by atoms with Gasteiger partial charge >= 0.3 is 6.18 Å². The summed E-state index contributed by atoms with van der Waals surface area (Å²) < 4.78 is 37.6. The molecule has 0 unspecified atom stereocenters. The summed E-state index contributed by atoms with van der Waals surface area (Å²) in [6, 6.07) is 4.32. The predicted molar refractivity (Wildman–Crippen MR) is 78.7 cm³/mol. The molecule has 4 nitrogen and oxygen atoms in total. The van der Waals surface area contributed by atoms with Crippen LogP contribution in [0, 0.1) is 5.92 Å². The van der Waals surface area contributed by atoms with Gasteiger partial charge in [0.1, 0.15) is 0 Å². The maximum Gasteiger partial charge on any atom is 0.416 e. The number of primary amides is 1. The molecule has 2 rings (SSSR count). The molecule has 23 heavy (non-hydrogen) atoms. The molecule has 126 valence electrons. The number of alkyl halides is 3. The summed E-state index contributed by atoms with van der Waals surface area (Å²) in [5.74, 6) is -0.794. The maximum atomic E-state index is 12.5. The van der Waals surface area contributed by atoms with Gasteiger partial charge in [-0.2, -0.15) is 13.2 Å². The quantitative estimate of drug-likeness (QED) is 0.845. The lowest BCUT2D eigenvalue weighted by atomic mass is 9.89. The molecule has 0 radical (unpaired) electrons. The normalized spacial score (nSPS) is 19.5. The Hall–Kier alpha value is -1.89. The van der Waals surface area contributed by atoms with E-state index in [-0.39, 0.29) is 24.0 Å². The molecule has 7 heteroatoms. The topological polar surface area (TPSA) is 63.4 Å². The molecule has 0 aromatic heterocycles. The van der Waals surface area contributed by atoms with Crippen molar-refractivity contribution in [3.05, 3.63) is 35.4 Å². The molecular formula is C16H19F3N2O2. The largest absolute Gasteiger partial charge is 0.416 e. The molecule has 1 aromatic rings. The number of nitrogens with zero attached hydrogens (tertiary/aromatic N) is 1. The number of benzene rings is 1. The van der Waals surface area contributed by atoms with E-state index in [0.717, 1.165) is 25.1 Å². The average Bonchev–Trinajstić information content (AvgIpc) is 2.52. The summed E-state index contributed by atoms with van der Waals surface area (Å²) in [5.41, 5.74) is 4.65. The van der Waals surface area contributed by atoms with E-state index in [1.807, 2.05) is 4.90 Å². The smallest absolute Gasteiger partial charge is 0.370 e. The van der Waals surface area contributed by atoms with Crippen molar-refractivity contribution in [2.75, 3.05) is 19.6 Å². The fourth-order valence-electron chi connectivity index (χ4n) is 2.80. The second-order valence-electron chi connectivity index (χ2n) is 5.80. The zero-order valence-electron chi connectivity index (χ0n) is 12.6. The van der Waals surface area contributed by atoms with Crippen LogP contribution in [0.3, 0.4) is 0 Å². The van der Waals surface area contributed by atoms with Crippen LogP contribution in [0.25, 0.3) is 0 Å². The van der Waals surface area contributed by atoms with Crippen molar-refractivity contribution in [1.29, 1.82) is 0 Å². The number of rotatable bonds is 5. The molecule has 0 saturated carbocycles. The Kier molecular flexibility index (Phi) is 5.41. The third-order valence-electron chi connectivity index (χ3n) is 4.05. The molecule has 1 atom stereocenters. The van der Waals surface area contributed by atoms with Crippen molar-refractivity contribution in [1.82, 2.24) is 4.90 Å². The number of hydrogen-bond donors (Lipinski definition) is 1. The maximum absolute atomic E-state index is 12.5. The van der Waals surface area contributed by atoms with Gasteiger partial charge in [-0.15, -0.1) is 0 Å². The minimum atomic E-state index is -4.40. The van der Waals surface area contributed by atoms with Gasteiger partial charge in [0.05, 0.1) is 5.56 Å². The van der Waals surface area contributed by atoms with Crippen LogP contribution in [-0.4, -0.2) is 36.2 Å². The summed E-state index contributed by atoms with van der Waals surface area (Å²) in [5, 5.41) is 0. The van der Waals surface area contributed by atoms with Gasteiger partial charge < -0.3 is 10.6 Å². The summed E-state index contributed by atoms with van der Waals surface area (Å²) in [4.78, 5) is 25.3. The number of amides is 1. The number of carbonyl (C=O) groups excluding carboxylic acids is 2. The lowest BCUT2D eigenvalue weighted by Crippen LogP contribution is -2.40. The van der Waals surface area contributed by atoms with Crippen LogP contribution in [0.15, 0.2) is 24.3 Å². The summed E-state index contributed by atoms with van der Waals surface area (Å²) in [7, 11) is 0. The Morgan fingerprint density at radius 2 is 1.87 bits per heavy atom. The molecule has 1 amide bonds. The number of hydrogen-bond acceptors (Lipinski definition) is 3. The molecule has 1 aromatic carbocycles. The average molecular weight is 328 g/mol. The third kappa shape index (κ3) is 4.79. The monoisotopic (exact) mass is 328 g/mol. The number of ketones is 1. The van der Waals surface area contributed by atoms with Crippen molar-refractivity contribution in [3.63, 3.8) is 0 Å². The van der Waals surface area contributed by atoms with E-state index in [1.165, 1.54) is 12.1 Å². The van der Waals surface area contributed by atoms with Crippen LogP contribution in [0.4, 0.5) is 13.2 Å². The number of piperidine rings is 1. The van der Waals surface area contributed by atoms with Gasteiger partial charge in [0.15, 0.2) is 5.78 Å². The molecular weight excluding hydrogens is 309 g/mol. The molecule has 1 heterocycles. The number of carbonyl (C=O) groups is 2. The first-order valence-electron chi connectivity index (χ1n) is 7.49. The second kappa shape index (κ2) is 7.12. The Balaban J connectivity index is 2.00. The minimum Gasteiger partial charge on any atom is -0.370 e. The Labute approximate surface area is 132 Å². The van der Waals surface area contributed by atoms with Crippen molar-refractivity contribution in [2.24, 2.45) is 11.7 Å². The third-order valence-corrected chi connectivity index (χ3v) is 4.05. The summed E-state index contributed by atoms with van der Waals surface area (Å²) in [6.07, 6.45) is -2.65. The van der Waals surface area contributed by atoms with E-state index < -0.39 is 11.7 Å². The van der Waals surface area contributed by atoms with E-state index in [4.69, 9.17) is 5.73 Å². The van der Waals surface area contributed by atoms with Crippen LogP contribution >= 0.6 is 0 Å². The lowest BCUT2D eigenvalue weighted by molar-refractivity contribution is -0.137. The van der Waals surface area contributed by atoms with E-state index in [9.17, 15) is 22.8 Å². The highest BCUT2D eigenvalue weighted by Crippen LogP contribution is 2.30. The van der Waals surface area contributed by atoms with Crippen LogP contribution in [0.5, 0.6) is 0 Å². The highest BCUT2D eigenvalue weighted by atomic mass is 19.4. The van der Waals surface area contributed by atoms with Crippen molar-refractivity contribution >= 4 is 11.7 Å². The molecule has 1 aliphatic heterocycles. The van der Waals surface area contributed by atoms with Crippen LogP contribution in [0.1, 0.15) is 35.2 Å². The summed E-state index contributed by atoms with van der Waals surface area (Å²) in [6.45, 7) is 1.81. The van der Waals surface area contributed by atoms with Gasteiger partial charge in [0.25, 0.3) is 0 Å². The van der Waals surface area contributed by atoms with Crippen molar-refractivity contribution < 1.29 is 22.8 Å². The second-order valence-corrected chi connectivity index (χ2v) is 5.80. The Morgan fingerprint density at radius 3 is 2.43 bits per heavy atom. The van der Waals surface area contributed by atoms with Crippen molar-refractivity contribution in [3.8, 4) is 0 Å². The SMILES string of the molecule is NC(=O)CCN1CCC[C@H](C(=O)c2ccc(C(F)(F)F)cc2)C1. The number of nitrogens with two attached hydrogens (primary N) is 1. The van der Waals surface area contributed by atoms with Crippen LogP contribution in [0.2, 0.25) is 0 Å². The zero-order valence-corrected chi connectivity index (χ0v) is 12.6. The standard InChI is InChI=1S/C16H19F3N2O2/c17-16(18,19)13-5-3-11(4-6-13)15(23)12-2-1-8-21(10-12)9-7-14(20)22/h3-6,12H,1-2,7-10H2,(H2,20,22)/t12-/m0/s1. The molecule has 1 saturated heterocycles.